The maximum Gasteiger partial charge on any atom is 0.107 e. The number of aryl methyl sites for hydroxylation is 2. The predicted octanol–water partition coefficient (Wildman–Crippen LogP) is 6.97. The lowest BCUT2D eigenvalue weighted by Crippen LogP contribution is -1.98. The molecule has 0 unspecified atom stereocenters. The van der Waals surface area contributed by atoms with E-state index in [4.69, 9.17) is 4.74 Å². The summed E-state index contributed by atoms with van der Waals surface area (Å²) in [6, 6.07) is 4.23. The largest absolute Gasteiger partial charge is 0.381 e. The van der Waals surface area contributed by atoms with Gasteiger partial charge in [-0.1, -0.05) is 64.9 Å². The van der Waals surface area contributed by atoms with E-state index in [9.17, 15) is 0 Å². The number of ether oxygens (including phenoxy) is 1. The van der Waals surface area contributed by atoms with E-state index in [-0.39, 0.29) is 0 Å². The zero-order chi connectivity index (χ0) is 21.3. The molecule has 2 heterocycles. The molecule has 0 bridgehead atoms. The lowest BCUT2D eigenvalue weighted by atomic mass is 10.1. The minimum Gasteiger partial charge on any atom is -0.381 e. The molecule has 0 aliphatic carbocycles. The second-order valence-corrected chi connectivity index (χ2v) is 8.24. The van der Waals surface area contributed by atoms with E-state index in [2.05, 4.69) is 40.9 Å². The first kappa shape index (κ1) is 24.5. The zero-order valence-electron chi connectivity index (χ0n) is 19.2. The molecule has 0 saturated heterocycles. The van der Waals surface area contributed by atoms with E-state index in [1.165, 1.54) is 63.4 Å². The second kappa shape index (κ2) is 16.0. The molecule has 2 aromatic heterocycles. The maximum atomic E-state index is 5.72. The van der Waals surface area contributed by atoms with Gasteiger partial charge in [0.05, 0.1) is 17.6 Å². The number of aromatic nitrogens is 3. The topological polar surface area (TPSA) is 47.9 Å². The summed E-state index contributed by atoms with van der Waals surface area (Å²) in [5, 5.41) is 0. The Bertz CT molecular complexity index is 655. The van der Waals surface area contributed by atoms with Gasteiger partial charge < -0.3 is 4.74 Å². The quantitative estimate of drug-likeness (QED) is 0.264. The third-order valence-electron chi connectivity index (χ3n) is 5.48. The summed E-state index contributed by atoms with van der Waals surface area (Å²) in [5.41, 5.74) is 4.11. The third kappa shape index (κ3) is 10.3. The van der Waals surface area contributed by atoms with Crippen LogP contribution in [0.1, 0.15) is 95.7 Å². The van der Waals surface area contributed by atoms with Crippen LogP contribution in [0, 0.1) is 0 Å². The Morgan fingerprint density at radius 3 is 1.93 bits per heavy atom. The van der Waals surface area contributed by atoms with Crippen molar-refractivity contribution in [2.75, 3.05) is 13.2 Å². The molecule has 0 aliphatic heterocycles. The van der Waals surface area contributed by atoms with Crippen LogP contribution in [0.25, 0.3) is 11.4 Å². The molecule has 0 fully saturated rings. The average Bonchev–Trinajstić information content (AvgIpc) is 2.79. The molecular formula is C26H41N3O. The van der Waals surface area contributed by atoms with E-state index >= 15 is 0 Å². The molecule has 4 heteroatoms. The van der Waals surface area contributed by atoms with Crippen LogP contribution < -0.4 is 0 Å². The van der Waals surface area contributed by atoms with E-state index in [0.717, 1.165) is 56.0 Å². The molecule has 0 aliphatic rings. The highest BCUT2D eigenvalue weighted by atomic mass is 16.5. The van der Waals surface area contributed by atoms with Crippen molar-refractivity contribution in [3.8, 4) is 11.4 Å². The summed E-state index contributed by atoms with van der Waals surface area (Å²) in [7, 11) is 0. The highest BCUT2D eigenvalue weighted by molar-refractivity contribution is 5.52. The Kier molecular flexibility index (Phi) is 13.0. The van der Waals surface area contributed by atoms with E-state index in [1.807, 2.05) is 18.6 Å². The summed E-state index contributed by atoms with van der Waals surface area (Å²) in [6.07, 6.45) is 21.6. The number of rotatable bonds is 17. The molecule has 2 aromatic rings. The van der Waals surface area contributed by atoms with Crippen molar-refractivity contribution >= 4 is 0 Å². The van der Waals surface area contributed by atoms with Crippen LogP contribution in [0.5, 0.6) is 0 Å². The van der Waals surface area contributed by atoms with Crippen molar-refractivity contribution in [3.05, 3.63) is 42.0 Å². The molecule has 0 spiro atoms. The standard InChI is InChI=1S/C26H41N3O/c1-3-5-7-9-10-15-24-21-29-26(22-27-24)25-17-16-23(20-28-25)14-11-13-19-30-18-12-8-6-4-2/h16-17,20-22H,3-15,18-19H2,1-2H3. The molecule has 166 valence electrons. The van der Waals surface area contributed by atoms with Gasteiger partial charge in [-0.05, 0) is 50.2 Å². The number of nitrogens with zero attached hydrogens (tertiary/aromatic N) is 3. The fourth-order valence-electron chi connectivity index (χ4n) is 3.52. The molecule has 0 radical (unpaired) electrons. The van der Waals surface area contributed by atoms with Crippen LogP contribution in [0.3, 0.4) is 0 Å². The van der Waals surface area contributed by atoms with Crippen molar-refractivity contribution in [1.29, 1.82) is 0 Å². The Morgan fingerprint density at radius 2 is 1.27 bits per heavy atom. The molecule has 0 atom stereocenters. The van der Waals surface area contributed by atoms with Gasteiger partial charge in [0.25, 0.3) is 0 Å². The fraction of sp³-hybridized carbons (Fsp3) is 0.654. The second-order valence-electron chi connectivity index (χ2n) is 8.24. The first-order valence-electron chi connectivity index (χ1n) is 12.2. The molecule has 0 aromatic carbocycles. The molecule has 2 rings (SSSR count). The summed E-state index contributed by atoms with van der Waals surface area (Å²) in [4.78, 5) is 13.8. The van der Waals surface area contributed by atoms with Crippen LogP contribution >= 0.6 is 0 Å². The molecule has 0 amide bonds. The van der Waals surface area contributed by atoms with Gasteiger partial charge in [0.2, 0.25) is 0 Å². The van der Waals surface area contributed by atoms with Crippen molar-refractivity contribution in [2.45, 2.75) is 97.3 Å². The fourth-order valence-corrected chi connectivity index (χ4v) is 3.52. The van der Waals surface area contributed by atoms with E-state index in [1.54, 1.807) is 0 Å². The zero-order valence-corrected chi connectivity index (χ0v) is 19.2. The number of hydrogen-bond donors (Lipinski definition) is 0. The Labute approximate surface area is 183 Å². The summed E-state index contributed by atoms with van der Waals surface area (Å²) >= 11 is 0. The summed E-state index contributed by atoms with van der Waals surface area (Å²) in [5.74, 6) is 0. The monoisotopic (exact) mass is 411 g/mol. The summed E-state index contributed by atoms with van der Waals surface area (Å²) < 4.78 is 5.72. The lowest BCUT2D eigenvalue weighted by molar-refractivity contribution is 0.126. The third-order valence-corrected chi connectivity index (χ3v) is 5.48. The average molecular weight is 412 g/mol. The van der Waals surface area contributed by atoms with Crippen molar-refractivity contribution in [3.63, 3.8) is 0 Å². The van der Waals surface area contributed by atoms with Crippen LogP contribution in [0.4, 0.5) is 0 Å². The van der Waals surface area contributed by atoms with Gasteiger partial charge in [0.1, 0.15) is 5.69 Å². The Hall–Kier alpha value is -1.81. The first-order valence-corrected chi connectivity index (χ1v) is 12.2. The van der Waals surface area contributed by atoms with Crippen molar-refractivity contribution < 1.29 is 4.74 Å². The lowest BCUT2D eigenvalue weighted by Gasteiger charge is -2.06. The number of pyridine rings is 1. The van der Waals surface area contributed by atoms with E-state index < -0.39 is 0 Å². The van der Waals surface area contributed by atoms with Gasteiger partial charge in [0, 0.05) is 25.6 Å². The Balaban J connectivity index is 1.64. The van der Waals surface area contributed by atoms with Crippen molar-refractivity contribution in [1.82, 2.24) is 15.0 Å². The first-order chi connectivity index (χ1) is 14.8. The van der Waals surface area contributed by atoms with Crippen molar-refractivity contribution in [2.24, 2.45) is 0 Å². The smallest absolute Gasteiger partial charge is 0.107 e. The molecule has 0 N–H and O–H groups in total. The molecule has 4 nitrogen and oxygen atoms in total. The summed E-state index contributed by atoms with van der Waals surface area (Å²) in [6.45, 7) is 6.27. The van der Waals surface area contributed by atoms with Gasteiger partial charge >= 0.3 is 0 Å². The highest BCUT2D eigenvalue weighted by Crippen LogP contribution is 2.15. The SMILES string of the molecule is CCCCCCCc1cnc(-c2ccc(CCCCOCCCCCC)cn2)cn1. The molecule has 0 saturated carbocycles. The Morgan fingerprint density at radius 1 is 0.600 bits per heavy atom. The minimum absolute atomic E-state index is 0.854. The van der Waals surface area contributed by atoms with Crippen LogP contribution in [-0.2, 0) is 17.6 Å². The molecule has 30 heavy (non-hydrogen) atoms. The number of hydrogen-bond acceptors (Lipinski definition) is 4. The van der Waals surface area contributed by atoms with Gasteiger partial charge in [-0.25, -0.2) is 0 Å². The number of unbranched alkanes of at least 4 members (excludes halogenated alkanes) is 8. The highest BCUT2D eigenvalue weighted by Gasteiger charge is 2.04. The van der Waals surface area contributed by atoms with E-state index in [0.29, 0.717) is 0 Å². The van der Waals surface area contributed by atoms with Gasteiger partial charge in [-0.3, -0.25) is 15.0 Å². The van der Waals surface area contributed by atoms with Gasteiger partial charge in [-0.2, -0.15) is 0 Å². The van der Waals surface area contributed by atoms with Gasteiger partial charge in [-0.15, -0.1) is 0 Å². The van der Waals surface area contributed by atoms with Crippen LogP contribution in [0.15, 0.2) is 30.7 Å². The van der Waals surface area contributed by atoms with Crippen LogP contribution in [-0.4, -0.2) is 28.2 Å². The van der Waals surface area contributed by atoms with Crippen LogP contribution in [0.2, 0.25) is 0 Å². The minimum atomic E-state index is 0.854. The normalized spacial score (nSPS) is 11.1. The van der Waals surface area contributed by atoms with Gasteiger partial charge in [0.15, 0.2) is 0 Å². The maximum absolute atomic E-state index is 5.72. The predicted molar refractivity (Wildman–Crippen MR) is 126 cm³/mol. The molecular weight excluding hydrogens is 370 g/mol.